The number of hydrogen-bond donors (Lipinski definition) is 0. The van der Waals surface area contributed by atoms with Gasteiger partial charge in [-0.2, -0.15) is 5.10 Å². The highest BCUT2D eigenvalue weighted by molar-refractivity contribution is 9.10. The van der Waals surface area contributed by atoms with E-state index in [9.17, 15) is 0 Å². The zero-order chi connectivity index (χ0) is 9.26. The van der Waals surface area contributed by atoms with Crippen LogP contribution in [0.15, 0.2) is 10.7 Å². The van der Waals surface area contributed by atoms with Crippen LogP contribution in [0.1, 0.15) is 24.5 Å². The quantitative estimate of drug-likeness (QED) is 0.757. The van der Waals surface area contributed by atoms with Crippen LogP contribution in [0.5, 0.6) is 0 Å². The van der Waals surface area contributed by atoms with Gasteiger partial charge in [-0.15, -0.1) is 0 Å². The van der Waals surface area contributed by atoms with Gasteiger partial charge in [-0.25, -0.2) is 0 Å². The minimum atomic E-state index is 0.492. The predicted molar refractivity (Wildman–Crippen MR) is 53.7 cm³/mol. The molecule has 1 unspecified atom stereocenters. The SMILES string of the molecule is Cn1nc(C2CCCOC2)cc1Br. The molecule has 1 aromatic heterocycles. The van der Waals surface area contributed by atoms with Crippen LogP contribution < -0.4 is 0 Å². The first kappa shape index (κ1) is 9.21. The Morgan fingerprint density at radius 2 is 2.54 bits per heavy atom. The topological polar surface area (TPSA) is 27.1 Å². The summed E-state index contributed by atoms with van der Waals surface area (Å²) in [7, 11) is 1.94. The normalized spacial score (nSPS) is 23.4. The molecule has 2 rings (SSSR count). The fourth-order valence-electron chi connectivity index (χ4n) is 1.64. The van der Waals surface area contributed by atoms with Crippen LogP contribution in [0.3, 0.4) is 0 Å². The first-order valence-corrected chi connectivity index (χ1v) is 5.34. The van der Waals surface area contributed by atoms with Crippen molar-refractivity contribution in [2.24, 2.45) is 7.05 Å². The third-order valence-electron chi connectivity index (χ3n) is 2.42. The predicted octanol–water partition coefficient (Wildman–Crippen LogP) is 2.08. The molecule has 0 radical (unpaired) electrons. The highest BCUT2D eigenvalue weighted by Crippen LogP contribution is 2.25. The average molecular weight is 245 g/mol. The lowest BCUT2D eigenvalue weighted by atomic mass is 9.99. The standard InChI is InChI=1S/C9H13BrN2O/c1-12-9(10)5-8(11-12)7-3-2-4-13-6-7/h5,7H,2-4,6H2,1H3. The van der Waals surface area contributed by atoms with Gasteiger partial charge in [0.1, 0.15) is 4.60 Å². The van der Waals surface area contributed by atoms with Crippen LogP contribution in [-0.2, 0) is 11.8 Å². The van der Waals surface area contributed by atoms with Gasteiger partial charge in [0.25, 0.3) is 0 Å². The summed E-state index contributed by atoms with van der Waals surface area (Å²) in [5.74, 6) is 0.492. The number of rotatable bonds is 1. The highest BCUT2D eigenvalue weighted by atomic mass is 79.9. The molecule has 1 aliphatic rings. The summed E-state index contributed by atoms with van der Waals surface area (Å²) in [5, 5.41) is 4.42. The monoisotopic (exact) mass is 244 g/mol. The van der Waals surface area contributed by atoms with E-state index in [0.29, 0.717) is 5.92 Å². The van der Waals surface area contributed by atoms with E-state index in [1.54, 1.807) is 0 Å². The number of aromatic nitrogens is 2. The summed E-state index contributed by atoms with van der Waals surface area (Å²) < 4.78 is 8.31. The molecule has 13 heavy (non-hydrogen) atoms. The second-order valence-corrected chi connectivity index (χ2v) is 4.24. The van der Waals surface area contributed by atoms with Crippen molar-refractivity contribution in [2.75, 3.05) is 13.2 Å². The van der Waals surface area contributed by atoms with E-state index in [1.165, 1.54) is 6.42 Å². The van der Waals surface area contributed by atoms with Crippen molar-refractivity contribution in [2.45, 2.75) is 18.8 Å². The Bertz CT molecular complexity index is 272. The maximum Gasteiger partial charge on any atom is 0.104 e. The lowest BCUT2D eigenvalue weighted by Gasteiger charge is -2.19. The third kappa shape index (κ3) is 1.94. The summed E-state index contributed by atoms with van der Waals surface area (Å²) >= 11 is 3.44. The second kappa shape index (κ2) is 3.80. The molecular weight excluding hydrogens is 232 g/mol. The molecule has 0 saturated carbocycles. The molecule has 0 aliphatic carbocycles. The van der Waals surface area contributed by atoms with Gasteiger partial charge in [0.05, 0.1) is 12.3 Å². The van der Waals surface area contributed by atoms with Crippen molar-refractivity contribution < 1.29 is 4.74 Å². The van der Waals surface area contributed by atoms with Gasteiger partial charge in [-0.1, -0.05) is 0 Å². The molecular formula is C9H13BrN2O. The number of nitrogens with zero attached hydrogens (tertiary/aromatic N) is 2. The lowest BCUT2D eigenvalue weighted by Crippen LogP contribution is -2.16. The van der Waals surface area contributed by atoms with Crippen LogP contribution in [0.2, 0.25) is 0 Å². The van der Waals surface area contributed by atoms with E-state index in [1.807, 2.05) is 11.7 Å². The van der Waals surface area contributed by atoms with Gasteiger partial charge < -0.3 is 4.74 Å². The second-order valence-electron chi connectivity index (χ2n) is 3.43. The maximum absolute atomic E-state index is 5.42. The van der Waals surface area contributed by atoms with Crippen molar-refractivity contribution in [3.8, 4) is 0 Å². The van der Waals surface area contributed by atoms with Gasteiger partial charge in [-0.3, -0.25) is 4.68 Å². The average Bonchev–Trinajstić information content (AvgIpc) is 2.49. The molecule has 1 aliphatic heterocycles. The number of halogens is 1. The van der Waals surface area contributed by atoms with Crippen LogP contribution in [0, 0.1) is 0 Å². The van der Waals surface area contributed by atoms with Crippen LogP contribution in [-0.4, -0.2) is 23.0 Å². The van der Waals surface area contributed by atoms with Crippen molar-refractivity contribution in [3.05, 3.63) is 16.4 Å². The lowest BCUT2D eigenvalue weighted by molar-refractivity contribution is 0.0791. The zero-order valence-electron chi connectivity index (χ0n) is 7.66. The summed E-state index contributed by atoms with van der Waals surface area (Å²) in [6.07, 6.45) is 2.35. The summed E-state index contributed by atoms with van der Waals surface area (Å²) in [5.41, 5.74) is 1.15. The highest BCUT2D eigenvalue weighted by Gasteiger charge is 2.19. The minimum Gasteiger partial charge on any atom is -0.381 e. The Balaban J connectivity index is 2.14. The summed E-state index contributed by atoms with van der Waals surface area (Å²) in [4.78, 5) is 0. The van der Waals surface area contributed by atoms with E-state index in [2.05, 4.69) is 27.1 Å². The molecule has 1 saturated heterocycles. The van der Waals surface area contributed by atoms with E-state index in [4.69, 9.17) is 4.74 Å². The molecule has 1 aromatic rings. The molecule has 2 heterocycles. The zero-order valence-corrected chi connectivity index (χ0v) is 9.25. The van der Waals surface area contributed by atoms with E-state index >= 15 is 0 Å². The third-order valence-corrected chi connectivity index (χ3v) is 3.16. The molecule has 4 heteroatoms. The van der Waals surface area contributed by atoms with Crippen LogP contribution >= 0.6 is 15.9 Å². The van der Waals surface area contributed by atoms with Crippen molar-refractivity contribution in [1.82, 2.24) is 9.78 Å². The first-order chi connectivity index (χ1) is 6.27. The molecule has 0 amide bonds. The Morgan fingerprint density at radius 3 is 3.08 bits per heavy atom. The number of aryl methyl sites for hydroxylation is 1. The molecule has 0 aromatic carbocycles. The minimum absolute atomic E-state index is 0.492. The Kier molecular flexibility index (Phi) is 2.69. The van der Waals surface area contributed by atoms with Crippen molar-refractivity contribution >= 4 is 15.9 Å². The maximum atomic E-state index is 5.42. The van der Waals surface area contributed by atoms with Gasteiger partial charge in [0.2, 0.25) is 0 Å². The number of ether oxygens (including phenoxy) is 1. The first-order valence-electron chi connectivity index (χ1n) is 4.54. The van der Waals surface area contributed by atoms with Crippen molar-refractivity contribution in [3.63, 3.8) is 0 Å². The number of hydrogen-bond acceptors (Lipinski definition) is 2. The fraction of sp³-hybridized carbons (Fsp3) is 0.667. The van der Waals surface area contributed by atoms with Gasteiger partial charge >= 0.3 is 0 Å². The summed E-state index contributed by atoms with van der Waals surface area (Å²) in [6, 6.07) is 2.08. The Hall–Kier alpha value is -0.350. The van der Waals surface area contributed by atoms with E-state index in [0.717, 1.165) is 29.9 Å². The van der Waals surface area contributed by atoms with Gasteiger partial charge in [0, 0.05) is 19.6 Å². The molecule has 0 bridgehead atoms. The van der Waals surface area contributed by atoms with Crippen LogP contribution in [0.25, 0.3) is 0 Å². The largest absolute Gasteiger partial charge is 0.381 e. The molecule has 3 nitrogen and oxygen atoms in total. The van der Waals surface area contributed by atoms with Crippen molar-refractivity contribution in [1.29, 1.82) is 0 Å². The van der Waals surface area contributed by atoms with E-state index in [-0.39, 0.29) is 0 Å². The Labute approximate surface area is 86.2 Å². The van der Waals surface area contributed by atoms with E-state index < -0.39 is 0 Å². The Morgan fingerprint density at radius 1 is 1.69 bits per heavy atom. The smallest absolute Gasteiger partial charge is 0.104 e. The fourth-order valence-corrected chi connectivity index (χ4v) is 1.95. The van der Waals surface area contributed by atoms with Gasteiger partial charge in [0.15, 0.2) is 0 Å². The molecule has 1 atom stereocenters. The summed E-state index contributed by atoms with van der Waals surface area (Å²) in [6.45, 7) is 1.73. The molecule has 0 spiro atoms. The molecule has 0 N–H and O–H groups in total. The van der Waals surface area contributed by atoms with Gasteiger partial charge in [-0.05, 0) is 34.8 Å². The molecule has 72 valence electrons. The molecule has 1 fully saturated rings. The van der Waals surface area contributed by atoms with Crippen LogP contribution in [0.4, 0.5) is 0 Å².